The molecule has 1 rings (SSSR count). The summed E-state index contributed by atoms with van der Waals surface area (Å²) in [5.74, 6) is -1.16. The van der Waals surface area contributed by atoms with Crippen LogP contribution >= 0.6 is 0 Å². The molecule has 0 saturated heterocycles. The van der Waals surface area contributed by atoms with Crippen molar-refractivity contribution in [1.82, 2.24) is 0 Å². The molecule has 1 aromatic rings. The molecule has 0 heterocycles. The van der Waals surface area contributed by atoms with Gasteiger partial charge in [-0.1, -0.05) is 58.0 Å². The number of carbonyl (C=O) groups excluding carboxylic acids is 2. The zero-order valence-electron chi connectivity index (χ0n) is 17.8. The molecule has 0 aromatic heterocycles. The van der Waals surface area contributed by atoms with Gasteiger partial charge >= 0.3 is 11.9 Å². The minimum absolute atomic E-state index is 0.0934. The maximum atomic E-state index is 12.9. The molecule has 0 aliphatic heterocycles. The van der Waals surface area contributed by atoms with Crippen LogP contribution in [0.4, 0.5) is 0 Å². The van der Waals surface area contributed by atoms with Gasteiger partial charge in [-0.3, -0.25) is 9.79 Å². The molecule has 0 aliphatic carbocycles. The van der Waals surface area contributed by atoms with Gasteiger partial charge in [0.2, 0.25) is 0 Å². The lowest BCUT2D eigenvalue weighted by atomic mass is 9.84. The molecule has 0 N–H and O–H groups in total. The summed E-state index contributed by atoms with van der Waals surface area (Å²) in [6.45, 7) is 13.4. The lowest BCUT2D eigenvalue weighted by Gasteiger charge is -2.28. The lowest BCUT2D eigenvalue weighted by molar-refractivity contribution is -0.158. The monoisotopic (exact) mass is 375 g/mol. The van der Waals surface area contributed by atoms with E-state index in [0.717, 1.165) is 11.3 Å². The molecule has 0 aliphatic rings. The molecule has 2 atom stereocenters. The first kappa shape index (κ1) is 22.9. The maximum Gasteiger partial charge on any atom is 0.331 e. The van der Waals surface area contributed by atoms with E-state index in [1.165, 1.54) is 7.11 Å². The number of rotatable bonds is 6. The zero-order chi connectivity index (χ0) is 20.8. The number of hydrogen-bond donors (Lipinski definition) is 0. The Morgan fingerprint density at radius 3 is 2.04 bits per heavy atom. The summed E-state index contributed by atoms with van der Waals surface area (Å²) in [4.78, 5) is 29.5. The molecule has 2 unspecified atom stereocenters. The number of benzene rings is 1. The minimum atomic E-state index is -0.794. The molecule has 0 amide bonds. The largest absolute Gasteiger partial charge is 0.469 e. The van der Waals surface area contributed by atoms with Gasteiger partial charge in [-0.25, -0.2) is 4.79 Å². The van der Waals surface area contributed by atoms with Crippen molar-refractivity contribution >= 4 is 17.7 Å². The predicted molar refractivity (Wildman–Crippen MR) is 108 cm³/mol. The number of nitrogens with zero attached hydrogens (tertiary/aromatic N) is 1. The maximum absolute atomic E-state index is 12.9. The minimum Gasteiger partial charge on any atom is -0.469 e. The van der Waals surface area contributed by atoms with Crippen LogP contribution in [0, 0.1) is 11.3 Å². The summed E-state index contributed by atoms with van der Waals surface area (Å²) < 4.78 is 10.4. The van der Waals surface area contributed by atoms with Crippen LogP contribution in [0.5, 0.6) is 0 Å². The summed E-state index contributed by atoms with van der Waals surface area (Å²) in [5, 5.41) is 0. The van der Waals surface area contributed by atoms with E-state index in [9.17, 15) is 9.59 Å². The first-order valence-corrected chi connectivity index (χ1v) is 9.28. The number of hydrogen-bond acceptors (Lipinski definition) is 5. The SMILES string of the molecule is COC(=O)CC(C)C(N=C(c1ccccc1)C(C)(C)C)C(=O)OC(C)(C)C. The topological polar surface area (TPSA) is 65.0 Å². The molecule has 5 heteroatoms. The number of carbonyl (C=O) groups is 2. The molecule has 27 heavy (non-hydrogen) atoms. The quantitative estimate of drug-likeness (QED) is 0.545. The van der Waals surface area contributed by atoms with Crippen LogP contribution in [0.25, 0.3) is 0 Å². The van der Waals surface area contributed by atoms with Gasteiger partial charge in [0.15, 0.2) is 6.04 Å². The van der Waals surface area contributed by atoms with Gasteiger partial charge in [-0.2, -0.15) is 0 Å². The zero-order valence-corrected chi connectivity index (χ0v) is 17.8. The van der Waals surface area contributed by atoms with E-state index in [2.05, 4.69) is 20.8 Å². The Morgan fingerprint density at radius 2 is 1.59 bits per heavy atom. The Hall–Kier alpha value is -2.17. The summed E-state index contributed by atoms with van der Waals surface area (Å²) in [5.41, 5.74) is 0.830. The Bertz CT molecular complexity index is 666. The van der Waals surface area contributed by atoms with Crippen LogP contribution in [-0.2, 0) is 19.1 Å². The third kappa shape index (κ3) is 7.53. The van der Waals surface area contributed by atoms with Gasteiger partial charge in [0.25, 0.3) is 0 Å². The van der Waals surface area contributed by atoms with E-state index in [-0.39, 0.29) is 23.7 Å². The van der Waals surface area contributed by atoms with Crippen LogP contribution in [0.2, 0.25) is 0 Å². The second kappa shape index (κ2) is 9.16. The smallest absolute Gasteiger partial charge is 0.331 e. The molecular formula is C22H33NO4. The molecule has 0 spiro atoms. The first-order chi connectivity index (χ1) is 12.3. The van der Waals surface area contributed by atoms with Gasteiger partial charge in [0.05, 0.1) is 13.5 Å². The second-order valence-electron chi connectivity index (χ2n) is 8.83. The molecule has 0 saturated carbocycles. The number of esters is 2. The van der Waals surface area contributed by atoms with Crippen LogP contribution in [-0.4, -0.2) is 36.4 Å². The van der Waals surface area contributed by atoms with Crippen molar-refractivity contribution in [2.45, 2.75) is 66.5 Å². The average Bonchev–Trinajstić information content (AvgIpc) is 2.53. The van der Waals surface area contributed by atoms with E-state index in [1.807, 2.05) is 58.0 Å². The average molecular weight is 376 g/mol. The Labute approximate surface area is 163 Å². The molecule has 0 bridgehead atoms. The van der Waals surface area contributed by atoms with E-state index >= 15 is 0 Å². The third-order valence-electron chi connectivity index (χ3n) is 3.93. The van der Waals surface area contributed by atoms with Crippen molar-refractivity contribution in [3.8, 4) is 0 Å². The van der Waals surface area contributed by atoms with Crippen molar-refractivity contribution < 1.29 is 19.1 Å². The second-order valence-corrected chi connectivity index (χ2v) is 8.83. The van der Waals surface area contributed by atoms with Crippen LogP contribution < -0.4 is 0 Å². The fourth-order valence-electron chi connectivity index (χ4n) is 2.67. The lowest BCUT2D eigenvalue weighted by Crippen LogP contribution is -2.37. The molecule has 150 valence electrons. The highest BCUT2D eigenvalue weighted by Crippen LogP contribution is 2.26. The van der Waals surface area contributed by atoms with Gasteiger partial charge in [0, 0.05) is 11.1 Å². The molecule has 0 fully saturated rings. The highest BCUT2D eigenvalue weighted by atomic mass is 16.6. The van der Waals surface area contributed by atoms with Crippen molar-refractivity contribution in [1.29, 1.82) is 0 Å². The normalized spacial score (nSPS) is 15.0. The van der Waals surface area contributed by atoms with Gasteiger partial charge < -0.3 is 9.47 Å². The van der Waals surface area contributed by atoms with Crippen LogP contribution in [0.3, 0.4) is 0 Å². The number of aliphatic imine (C=N–C) groups is 1. The van der Waals surface area contributed by atoms with Crippen molar-refractivity contribution in [2.24, 2.45) is 16.3 Å². The molecule has 0 radical (unpaired) electrons. The van der Waals surface area contributed by atoms with E-state index < -0.39 is 17.6 Å². The van der Waals surface area contributed by atoms with Crippen LogP contribution in [0.15, 0.2) is 35.3 Å². The highest BCUT2D eigenvalue weighted by molar-refractivity contribution is 6.05. The van der Waals surface area contributed by atoms with Crippen LogP contribution in [0.1, 0.15) is 60.5 Å². The van der Waals surface area contributed by atoms with Gasteiger partial charge in [-0.05, 0) is 32.3 Å². The summed E-state index contributed by atoms with van der Waals surface area (Å²) in [6, 6.07) is 8.98. The molecular weight excluding hydrogens is 342 g/mol. The highest BCUT2D eigenvalue weighted by Gasteiger charge is 2.33. The van der Waals surface area contributed by atoms with E-state index in [0.29, 0.717) is 0 Å². The van der Waals surface area contributed by atoms with Crippen molar-refractivity contribution in [3.63, 3.8) is 0 Å². The molecule has 5 nitrogen and oxygen atoms in total. The Morgan fingerprint density at radius 1 is 1.04 bits per heavy atom. The Balaban J connectivity index is 3.38. The first-order valence-electron chi connectivity index (χ1n) is 9.28. The number of methoxy groups -OCH3 is 1. The summed E-state index contributed by atoms with van der Waals surface area (Å²) >= 11 is 0. The molecule has 1 aromatic carbocycles. The fourth-order valence-corrected chi connectivity index (χ4v) is 2.67. The van der Waals surface area contributed by atoms with Gasteiger partial charge in [0.1, 0.15) is 5.60 Å². The summed E-state index contributed by atoms with van der Waals surface area (Å²) in [6.07, 6.45) is 0.0934. The predicted octanol–water partition coefficient (Wildman–Crippen LogP) is 4.43. The van der Waals surface area contributed by atoms with E-state index in [1.54, 1.807) is 0 Å². The summed E-state index contributed by atoms with van der Waals surface area (Å²) in [7, 11) is 1.34. The fraction of sp³-hybridized carbons (Fsp3) is 0.591. The van der Waals surface area contributed by atoms with Crippen molar-refractivity contribution in [3.05, 3.63) is 35.9 Å². The standard InChI is InChI=1S/C22H33NO4/c1-15(14-17(24)26-8)18(20(25)27-22(5,6)7)23-19(21(2,3)4)16-12-10-9-11-13-16/h9-13,15,18H,14H2,1-8H3. The third-order valence-corrected chi connectivity index (χ3v) is 3.93. The van der Waals surface area contributed by atoms with Gasteiger partial charge in [-0.15, -0.1) is 0 Å². The Kier molecular flexibility index (Phi) is 7.76. The number of ether oxygens (including phenoxy) is 2. The van der Waals surface area contributed by atoms with E-state index in [4.69, 9.17) is 14.5 Å². The van der Waals surface area contributed by atoms with Crippen molar-refractivity contribution in [2.75, 3.05) is 7.11 Å².